The maximum atomic E-state index is 12.5. The molecule has 3 heteroatoms. The van der Waals surface area contributed by atoms with E-state index in [0.717, 1.165) is 11.3 Å². The Labute approximate surface area is 116 Å². The first-order chi connectivity index (χ1) is 8.82. The summed E-state index contributed by atoms with van der Waals surface area (Å²) in [6.45, 7) is 10.9. The van der Waals surface area contributed by atoms with Gasteiger partial charge >= 0.3 is 0 Å². The Morgan fingerprint density at radius 1 is 1.11 bits per heavy atom. The van der Waals surface area contributed by atoms with E-state index in [1.54, 1.807) is 0 Å². The molecule has 0 saturated carbocycles. The monoisotopic (exact) mass is 262 g/mol. The van der Waals surface area contributed by atoms with E-state index in [0.29, 0.717) is 12.5 Å². The molecule has 1 aromatic carbocycles. The Kier molecular flexibility index (Phi) is 5.40. The van der Waals surface area contributed by atoms with Crippen molar-refractivity contribution in [1.29, 1.82) is 0 Å². The molecule has 0 saturated heterocycles. The van der Waals surface area contributed by atoms with Crippen LogP contribution in [0.3, 0.4) is 0 Å². The molecule has 0 aliphatic carbocycles. The summed E-state index contributed by atoms with van der Waals surface area (Å²) in [5.41, 5.74) is 7.55. The minimum Gasteiger partial charge on any atom is -0.399 e. The van der Waals surface area contributed by atoms with Crippen molar-refractivity contribution in [3.05, 3.63) is 29.8 Å². The second kappa shape index (κ2) is 6.60. The molecule has 106 valence electrons. The summed E-state index contributed by atoms with van der Waals surface area (Å²) in [5, 5.41) is 0. The predicted molar refractivity (Wildman–Crippen MR) is 80.5 cm³/mol. The average molecular weight is 262 g/mol. The molecule has 19 heavy (non-hydrogen) atoms. The van der Waals surface area contributed by atoms with Gasteiger partial charge in [0.25, 0.3) is 0 Å². The quantitative estimate of drug-likeness (QED) is 0.828. The van der Waals surface area contributed by atoms with E-state index in [4.69, 9.17) is 5.73 Å². The fourth-order valence-electron chi connectivity index (χ4n) is 1.88. The van der Waals surface area contributed by atoms with Gasteiger partial charge in [0.2, 0.25) is 5.91 Å². The maximum absolute atomic E-state index is 12.5. The van der Waals surface area contributed by atoms with Crippen LogP contribution in [-0.4, -0.2) is 16.8 Å². The standard InChI is InChI=1S/C16H26N2O/c1-11(2)13(5)16(19)18(12(3)4)10-14-6-8-15(17)9-7-14/h6-9,11-13H,10,17H2,1-5H3. The molecule has 0 fully saturated rings. The van der Waals surface area contributed by atoms with Crippen LogP contribution in [0.25, 0.3) is 0 Å². The minimum absolute atomic E-state index is 0.0520. The molecule has 0 aromatic heterocycles. The maximum Gasteiger partial charge on any atom is 0.226 e. The summed E-state index contributed by atoms with van der Waals surface area (Å²) in [5.74, 6) is 0.637. The van der Waals surface area contributed by atoms with Crippen LogP contribution in [0, 0.1) is 11.8 Å². The van der Waals surface area contributed by atoms with Gasteiger partial charge in [-0.2, -0.15) is 0 Å². The lowest BCUT2D eigenvalue weighted by Crippen LogP contribution is -2.41. The molecular weight excluding hydrogens is 236 g/mol. The van der Waals surface area contributed by atoms with Crippen molar-refractivity contribution in [3.8, 4) is 0 Å². The molecule has 1 amide bonds. The van der Waals surface area contributed by atoms with Gasteiger partial charge in [0.15, 0.2) is 0 Å². The normalized spacial score (nSPS) is 12.8. The summed E-state index contributed by atoms with van der Waals surface area (Å²) >= 11 is 0. The topological polar surface area (TPSA) is 46.3 Å². The van der Waals surface area contributed by atoms with Crippen molar-refractivity contribution in [2.24, 2.45) is 11.8 Å². The Balaban J connectivity index is 2.84. The number of nitrogen functional groups attached to an aromatic ring is 1. The van der Waals surface area contributed by atoms with E-state index >= 15 is 0 Å². The third kappa shape index (κ3) is 4.27. The second-order valence-corrected chi connectivity index (χ2v) is 5.83. The largest absolute Gasteiger partial charge is 0.399 e. The first-order valence-corrected chi connectivity index (χ1v) is 6.97. The first-order valence-electron chi connectivity index (χ1n) is 6.97. The molecule has 0 aliphatic heterocycles. The van der Waals surface area contributed by atoms with Crippen LogP contribution in [0.5, 0.6) is 0 Å². The zero-order chi connectivity index (χ0) is 14.6. The molecule has 0 bridgehead atoms. The Morgan fingerprint density at radius 3 is 2.05 bits per heavy atom. The molecule has 1 atom stereocenters. The first kappa shape index (κ1) is 15.5. The molecule has 1 unspecified atom stereocenters. The minimum atomic E-state index is 0.0520. The smallest absolute Gasteiger partial charge is 0.226 e. The van der Waals surface area contributed by atoms with Crippen molar-refractivity contribution in [1.82, 2.24) is 4.90 Å². The van der Waals surface area contributed by atoms with Crippen LogP contribution in [0.2, 0.25) is 0 Å². The van der Waals surface area contributed by atoms with Crippen LogP contribution in [0.1, 0.15) is 40.2 Å². The van der Waals surface area contributed by atoms with Gasteiger partial charge in [-0.05, 0) is 37.5 Å². The van der Waals surface area contributed by atoms with Crippen LogP contribution < -0.4 is 5.73 Å². The molecule has 0 heterocycles. The van der Waals surface area contributed by atoms with E-state index in [9.17, 15) is 4.79 Å². The number of hydrogen-bond donors (Lipinski definition) is 1. The van der Waals surface area contributed by atoms with E-state index in [1.165, 1.54) is 0 Å². The number of benzene rings is 1. The van der Waals surface area contributed by atoms with E-state index < -0.39 is 0 Å². The van der Waals surface area contributed by atoms with Gasteiger partial charge in [0.1, 0.15) is 0 Å². The van der Waals surface area contributed by atoms with Gasteiger partial charge in [-0.3, -0.25) is 4.79 Å². The zero-order valence-corrected chi connectivity index (χ0v) is 12.7. The molecule has 2 N–H and O–H groups in total. The van der Waals surface area contributed by atoms with Gasteiger partial charge in [0.05, 0.1) is 0 Å². The van der Waals surface area contributed by atoms with Crippen molar-refractivity contribution < 1.29 is 4.79 Å². The Bertz CT molecular complexity index is 409. The van der Waals surface area contributed by atoms with Crippen LogP contribution in [-0.2, 0) is 11.3 Å². The lowest BCUT2D eigenvalue weighted by Gasteiger charge is -2.31. The van der Waals surface area contributed by atoms with E-state index in [1.807, 2.05) is 36.1 Å². The number of carbonyl (C=O) groups is 1. The molecule has 1 rings (SSSR count). The highest BCUT2D eigenvalue weighted by Crippen LogP contribution is 2.18. The summed E-state index contributed by atoms with van der Waals surface area (Å²) < 4.78 is 0. The lowest BCUT2D eigenvalue weighted by molar-refractivity contribution is -0.138. The summed E-state index contributed by atoms with van der Waals surface area (Å²) in [4.78, 5) is 14.4. The highest BCUT2D eigenvalue weighted by atomic mass is 16.2. The average Bonchev–Trinajstić information content (AvgIpc) is 2.35. The summed E-state index contributed by atoms with van der Waals surface area (Å²) in [6.07, 6.45) is 0. The number of amides is 1. The second-order valence-electron chi connectivity index (χ2n) is 5.83. The van der Waals surface area contributed by atoms with Gasteiger partial charge < -0.3 is 10.6 Å². The van der Waals surface area contributed by atoms with Crippen molar-refractivity contribution in [3.63, 3.8) is 0 Å². The fraction of sp³-hybridized carbons (Fsp3) is 0.562. The predicted octanol–water partition coefficient (Wildman–Crippen LogP) is 3.30. The number of carbonyl (C=O) groups excluding carboxylic acids is 1. The molecule has 3 nitrogen and oxygen atoms in total. The SMILES string of the molecule is CC(C)C(C)C(=O)N(Cc1ccc(N)cc1)C(C)C. The molecule has 1 aromatic rings. The highest BCUT2D eigenvalue weighted by molar-refractivity contribution is 5.79. The van der Waals surface area contributed by atoms with Crippen molar-refractivity contribution in [2.75, 3.05) is 5.73 Å². The van der Waals surface area contributed by atoms with Gasteiger partial charge in [-0.25, -0.2) is 0 Å². The molecule has 0 spiro atoms. The van der Waals surface area contributed by atoms with Crippen LogP contribution >= 0.6 is 0 Å². The third-order valence-corrected chi connectivity index (χ3v) is 3.63. The lowest BCUT2D eigenvalue weighted by atomic mass is 9.96. The molecule has 0 aliphatic rings. The number of nitrogens with two attached hydrogens (primary N) is 1. The Morgan fingerprint density at radius 2 is 1.63 bits per heavy atom. The third-order valence-electron chi connectivity index (χ3n) is 3.63. The van der Waals surface area contributed by atoms with E-state index in [2.05, 4.69) is 27.7 Å². The van der Waals surface area contributed by atoms with Crippen molar-refractivity contribution in [2.45, 2.75) is 47.2 Å². The summed E-state index contributed by atoms with van der Waals surface area (Å²) in [7, 11) is 0. The molecule has 0 radical (unpaired) electrons. The van der Waals surface area contributed by atoms with E-state index in [-0.39, 0.29) is 17.9 Å². The van der Waals surface area contributed by atoms with Crippen LogP contribution in [0.15, 0.2) is 24.3 Å². The number of nitrogens with zero attached hydrogens (tertiary/aromatic N) is 1. The van der Waals surface area contributed by atoms with Crippen molar-refractivity contribution >= 4 is 11.6 Å². The molecular formula is C16H26N2O. The van der Waals surface area contributed by atoms with Crippen LogP contribution in [0.4, 0.5) is 5.69 Å². The fourth-order valence-corrected chi connectivity index (χ4v) is 1.88. The number of rotatable bonds is 5. The zero-order valence-electron chi connectivity index (χ0n) is 12.7. The number of hydrogen-bond acceptors (Lipinski definition) is 2. The summed E-state index contributed by atoms with van der Waals surface area (Å²) in [6, 6.07) is 7.93. The van der Waals surface area contributed by atoms with Gasteiger partial charge in [0, 0.05) is 24.2 Å². The highest BCUT2D eigenvalue weighted by Gasteiger charge is 2.24. The Hall–Kier alpha value is -1.51. The van der Waals surface area contributed by atoms with Gasteiger partial charge in [-0.1, -0.05) is 32.9 Å². The number of anilines is 1. The van der Waals surface area contributed by atoms with Gasteiger partial charge in [-0.15, -0.1) is 0 Å².